The molecule has 0 radical (unpaired) electrons. The van der Waals surface area contributed by atoms with Crippen LogP contribution in [0, 0.1) is 12.8 Å². The molecule has 0 aromatic carbocycles. The SMILES string of the molecule is Cc1nnc2c(NC(C)C(C)CCl)nccn12. The van der Waals surface area contributed by atoms with Gasteiger partial charge in [0.2, 0.25) is 5.65 Å². The Morgan fingerprint density at radius 1 is 1.41 bits per heavy atom. The van der Waals surface area contributed by atoms with E-state index in [1.807, 2.05) is 17.5 Å². The minimum absolute atomic E-state index is 0.239. The van der Waals surface area contributed by atoms with E-state index in [9.17, 15) is 0 Å². The van der Waals surface area contributed by atoms with E-state index in [1.54, 1.807) is 6.20 Å². The van der Waals surface area contributed by atoms with E-state index in [-0.39, 0.29) is 6.04 Å². The van der Waals surface area contributed by atoms with Crippen LogP contribution in [-0.2, 0) is 0 Å². The van der Waals surface area contributed by atoms with E-state index in [0.717, 1.165) is 17.3 Å². The molecule has 0 aliphatic rings. The molecule has 0 saturated carbocycles. The first kappa shape index (κ1) is 12.1. The summed E-state index contributed by atoms with van der Waals surface area (Å²) < 4.78 is 1.91. The van der Waals surface area contributed by atoms with Gasteiger partial charge in [0.15, 0.2) is 5.82 Å². The van der Waals surface area contributed by atoms with Crippen LogP contribution in [0.25, 0.3) is 5.65 Å². The van der Waals surface area contributed by atoms with Gasteiger partial charge in [-0.15, -0.1) is 21.8 Å². The molecule has 0 fully saturated rings. The van der Waals surface area contributed by atoms with Crippen molar-refractivity contribution in [3.63, 3.8) is 0 Å². The summed E-state index contributed by atoms with van der Waals surface area (Å²) in [6.45, 7) is 6.09. The van der Waals surface area contributed by atoms with Crippen LogP contribution in [0.5, 0.6) is 0 Å². The van der Waals surface area contributed by atoms with E-state index >= 15 is 0 Å². The predicted octanol–water partition coefficient (Wildman–Crippen LogP) is 2.11. The number of hydrogen-bond acceptors (Lipinski definition) is 4. The van der Waals surface area contributed by atoms with Crippen LogP contribution in [0.4, 0.5) is 5.82 Å². The Balaban J connectivity index is 2.30. The van der Waals surface area contributed by atoms with Crippen molar-refractivity contribution < 1.29 is 0 Å². The van der Waals surface area contributed by atoms with Crippen molar-refractivity contribution >= 4 is 23.1 Å². The first-order valence-electron chi connectivity index (χ1n) is 5.62. The molecule has 6 heteroatoms. The van der Waals surface area contributed by atoms with Crippen LogP contribution in [0.2, 0.25) is 0 Å². The van der Waals surface area contributed by atoms with Gasteiger partial charge in [-0.25, -0.2) is 4.98 Å². The van der Waals surface area contributed by atoms with Crippen LogP contribution in [0.3, 0.4) is 0 Å². The van der Waals surface area contributed by atoms with E-state index < -0.39 is 0 Å². The molecule has 0 aliphatic carbocycles. The Morgan fingerprint density at radius 2 is 2.18 bits per heavy atom. The number of alkyl halides is 1. The van der Waals surface area contributed by atoms with Gasteiger partial charge in [-0.05, 0) is 19.8 Å². The van der Waals surface area contributed by atoms with Crippen molar-refractivity contribution in [3.8, 4) is 0 Å². The number of nitrogens with zero attached hydrogens (tertiary/aromatic N) is 4. The lowest BCUT2D eigenvalue weighted by Gasteiger charge is -2.19. The zero-order valence-electron chi connectivity index (χ0n) is 10.2. The number of hydrogen-bond donors (Lipinski definition) is 1. The topological polar surface area (TPSA) is 55.1 Å². The Kier molecular flexibility index (Phi) is 3.47. The fourth-order valence-corrected chi connectivity index (χ4v) is 1.80. The second kappa shape index (κ2) is 4.87. The molecule has 2 unspecified atom stereocenters. The van der Waals surface area contributed by atoms with Crippen LogP contribution in [0.1, 0.15) is 19.7 Å². The van der Waals surface area contributed by atoms with E-state index in [1.165, 1.54) is 0 Å². The number of aryl methyl sites for hydroxylation is 1. The van der Waals surface area contributed by atoms with E-state index in [2.05, 4.69) is 34.3 Å². The maximum Gasteiger partial charge on any atom is 0.203 e. The zero-order valence-corrected chi connectivity index (χ0v) is 10.9. The maximum atomic E-state index is 5.84. The molecule has 2 aromatic heterocycles. The second-order valence-electron chi connectivity index (χ2n) is 4.28. The highest BCUT2D eigenvalue weighted by Gasteiger charge is 2.14. The number of halogens is 1. The fourth-order valence-electron chi connectivity index (χ4n) is 1.53. The number of fused-ring (bicyclic) bond motifs is 1. The highest BCUT2D eigenvalue weighted by molar-refractivity contribution is 6.18. The van der Waals surface area contributed by atoms with Crippen molar-refractivity contribution in [2.24, 2.45) is 5.92 Å². The summed E-state index contributed by atoms with van der Waals surface area (Å²) in [5.41, 5.74) is 0.749. The molecule has 0 spiro atoms. The fraction of sp³-hybridized carbons (Fsp3) is 0.545. The summed E-state index contributed by atoms with van der Waals surface area (Å²) in [4.78, 5) is 4.30. The van der Waals surface area contributed by atoms with Crippen molar-refractivity contribution in [3.05, 3.63) is 18.2 Å². The quantitative estimate of drug-likeness (QED) is 0.848. The standard InChI is InChI=1S/C11H16ClN5/c1-7(6-12)8(2)14-10-11-16-15-9(3)17(11)5-4-13-10/h4-5,7-8H,6H2,1-3H3,(H,13,14). The third-order valence-electron chi connectivity index (χ3n) is 2.96. The van der Waals surface area contributed by atoms with Gasteiger partial charge in [-0.3, -0.25) is 4.40 Å². The van der Waals surface area contributed by atoms with Gasteiger partial charge in [-0.2, -0.15) is 0 Å². The smallest absolute Gasteiger partial charge is 0.203 e. The monoisotopic (exact) mass is 253 g/mol. The molecule has 0 saturated heterocycles. The lowest BCUT2D eigenvalue weighted by Crippen LogP contribution is -2.25. The highest BCUT2D eigenvalue weighted by atomic mass is 35.5. The summed E-state index contributed by atoms with van der Waals surface area (Å²) in [5.74, 6) is 2.58. The lowest BCUT2D eigenvalue weighted by molar-refractivity contribution is 0.564. The first-order valence-corrected chi connectivity index (χ1v) is 6.15. The molecular formula is C11H16ClN5. The Hall–Kier alpha value is -1.36. The predicted molar refractivity (Wildman–Crippen MR) is 68.5 cm³/mol. The van der Waals surface area contributed by atoms with Crippen molar-refractivity contribution in [1.29, 1.82) is 0 Å². The van der Waals surface area contributed by atoms with Gasteiger partial charge in [-0.1, -0.05) is 6.92 Å². The van der Waals surface area contributed by atoms with Gasteiger partial charge >= 0.3 is 0 Å². The van der Waals surface area contributed by atoms with E-state index in [4.69, 9.17) is 11.6 Å². The Labute approximate surface area is 105 Å². The molecular weight excluding hydrogens is 238 g/mol. The average Bonchev–Trinajstić information content (AvgIpc) is 2.71. The molecule has 0 aliphatic heterocycles. The summed E-state index contributed by atoms with van der Waals surface area (Å²) in [5, 5.41) is 11.5. The highest BCUT2D eigenvalue weighted by Crippen LogP contribution is 2.16. The largest absolute Gasteiger partial charge is 0.364 e. The first-order chi connectivity index (χ1) is 8.13. The molecule has 2 rings (SSSR count). The average molecular weight is 254 g/mol. The molecule has 2 aromatic rings. The van der Waals surface area contributed by atoms with E-state index in [0.29, 0.717) is 11.8 Å². The number of anilines is 1. The van der Waals surface area contributed by atoms with Crippen molar-refractivity contribution in [2.45, 2.75) is 26.8 Å². The molecule has 0 bridgehead atoms. The lowest BCUT2D eigenvalue weighted by atomic mass is 10.1. The third-order valence-corrected chi connectivity index (χ3v) is 3.45. The summed E-state index contributed by atoms with van der Waals surface area (Å²) in [6, 6.07) is 0.239. The van der Waals surface area contributed by atoms with Crippen LogP contribution in [0.15, 0.2) is 12.4 Å². The van der Waals surface area contributed by atoms with Crippen LogP contribution in [-0.4, -0.2) is 31.5 Å². The normalized spacial score (nSPS) is 14.8. The van der Waals surface area contributed by atoms with Gasteiger partial charge in [0, 0.05) is 24.3 Å². The van der Waals surface area contributed by atoms with Crippen molar-refractivity contribution in [2.75, 3.05) is 11.2 Å². The van der Waals surface area contributed by atoms with Gasteiger partial charge < -0.3 is 5.32 Å². The molecule has 2 atom stereocenters. The molecule has 17 heavy (non-hydrogen) atoms. The molecule has 2 heterocycles. The Bertz CT molecular complexity index is 510. The summed E-state index contributed by atoms with van der Waals surface area (Å²) in [7, 11) is 0. The van der Waals surface area contributed by atoms with Gasteiger partial charge in [0.1, 0.15) is 5.82 Å². The maximum absolute atomic E-state index is 5.84. The van der Waals surface area contributed by atoms with Crippen LogP contribution < -0.4 is 5.32 Å². The second-order valence-corrected chi connectivity index (χ2v) is 4.59. The third kappa shape index (κ3) is 2.34. The summed E-state index contributed by atoms with van der Waals surface area (Å²) >= 11 is 5.84. The molecule has 5 nitrogen and oxygen atoms in total. The minimum atomic E-state index is 0.239. The van der Waals surface area contributed by atoms with Crippen LogP contribution >= 0.6 is 11.6 Å². The van der Waals surface area contributed by atoms with Crippen molar-refractivity contribution in [1.82, 2.24) is 19.6 Å². The zero-order chi connectivity index (χ0) is 12.4. The van der Waals surface area contributed by atoms with Gasteiger partial charge in [0.25, 0.3) is 0 Å². The molecule has 0 amide bonds. The summed E-state index contributed by atoms with van der Waals surface area (Å²) in [6.07, 6.45) is 3.59. The molecule has 92 valence electrons. The van der Waals surface area contributed by atoms with Gasteiger partial charge in [0.05, 0.1) is 0 Å². The number of aromatic nitrogens is 4. The number of nitrogens with one attached hydrogen (secondary N) is 1. The minimum Gasteiger partial charge on any atom is -0.364 e. The molecule has 1 N–H and O–H groups in total. The number of rotatable bonds is 4. The Morgan fingerprint density at radius 3 is 2.88 bits per heavy atom.